The van der Waals surface area contributed by atoms with Gasteiger partial charge in [-0.05, 0) is 0 Å². The van der Waals surface area contributed by atoms with Crippen LogP contribution >= 0.6 is 0 Å². The first-order chi connectivity index (χ1) is 6.22. The summed E-state index contributed by atoms with van der Waals surface area (Å²) in [6.45, 7) is 1.26. The van der Waals surface area contributed by atoms with Crippen LogP contribution in [0.15, 0.2) is 11.8 Å². The van der Waals surface area contributed by atoms with Crippen molar-refractivity contribution in [3.63, 3.8) is 0 Å². The third-order valence-corrected chi connectivity index (χ3v) is 1.64. The largest absolute Gasteiger partial charge is 0.383 e. The molecule has 0 unspecified atom stereocenters. The van der Waals surface area contributed by atoms with Gasteiger partial charge in [-0.2, -0.15) is 5.26 Å². The van der Waals surface area contributed by atoms with Crippen LogP contribution in [0.4, 0.5) is 0 Å². The molecule has 0 saturated carbocycles. The highest BCUT2D eigenvalue weighted by atomic mass is 16.7. The van der Waals surface area contributed by atoms with Gasteiger partial charge in [0, 0.05) is 26.7 Å². The normalized spacial score (nSPS) is 18.7. The summed E-state index contributed by atoms with van der Waals surface area (Å²) in [5, 5.41) is 8.78. The molecule has 1 aliphatic rings. The van der Waals surface area contributed by atoms with E-state index in [1.54, 1.807) is 6.20 Å². The summed E-state index contributed by atoms with van der Waals surface area (Å²) in [5.41, 5.74) is 0.678. The average Bonchev–Trinajstić information content (AvgIpc) is 2.55. The van der Waals surface area contributed by atoms with Crippen LogP contribution < -0.4 is 0 Å². The van der Waals surface area contributed by atoms with Gasteiger partial charge in [0.15, 0.2) is 6.29 Å². The molecule has 0 N–H and O–H groups in total. The second-order valence-corrected chi connectivity index (χ2v) is 3.11. The van der Waals surface area contributed by atoms with Crippen molar-refractivity contribution in [2.75, 3.05) is 27.3 Å². The first kappa shape index (κ1) is 10.0. The minimum atomic E-state index is -0.231. The fourth-order valence-corrected chi connectivity index (χ4v) is 1.14. The maximum atomic E-state index is 8.78. The van der Waals surface area contributed by atoms with Crippen LogP contribution in [-0.2, 0) is 9.47 Å². The van der Waals surface area contributed by atoms with E-state index in [9.17, 15) is 0 Å². The molecule has 1 saturated heterocycles. The predicted octanol–water partition coefficient (Wildman–Crippen LogP) is 0.718. The molecule has 13 heavy (non-hydrogen) atoms. The number of hydrogen-bond acceptors (Lipinski definition) is 4. The third-order valence-electron chi connectivity index (χ3n) is 1.64. The Morgan fingerprint density at radius 3 is 2.62 bits per heavy atom. The van der Waals surface area contributed by atoms with Crippen LogP contribution in [0.25, 0.3) is 0 Å². The van der Waals surface area contributed by atoms with Crippen LogP contribution in [0.3, 0.4) is 0 Å². The highest BCUT2D eigenvalue weighted by Crippen LogP contribution is 2.13. The summed E-state index contributed by atoms with van der Waals surface area (Å²) in [6.07, 6.45) is 2.09. The molecule has 0 aromatic rings. The van der Waals surface area contributed by atoms with E-state index in [1.807, 2.05) is 19.0 Å². The third kappa shape index (κ3) is 3.45. The molecular weight excluding hydrogens is 168 g/mol. The number of rotatable bonds is 3. The van der Waals surface area contributed by atoms with Gasteiger partial charge in [-0.25, -0.2) is 0 Å². The Bertz CT molecular complexity index is 224. The zero-order valence-electron chi connectivity index (χ0n) is 7.99. The van der Waals surface area contributed by atoms with Crippen LogP contribution in [0, 0.1) is 11.3 Å². The quantitative estimate of drug-likeness (QED) is 0.603. The number of nitrogens with zero attached hydrogens (tertiary/aromatic N) is 2. The molecule has 0 amide bonds. The van der Waals surface area contributed by atoms with Crippen molar-refractivity contribution in [1.29, 1.82) is 5.26 Å². The Morgan fingerprint density at radius 1 is 1.54 bits per heavy atom. The Morgan fingerprint density at radius 2 is 2.15 bits per heavy atom. The summed E-state index contributed by atoms with van der Waals surface area (Å²) in [4.78, 5) is 1.84. The topological polar surface area (TPSA) is 45.5 Å². The molecule has 0 spiro atoms. The lowest BCUT2D eigenvalue weighted by atomic mass is 10.2. The van der Waals surface area contributed by atoms with Gasteiger partial charge in [0.05, 0.1) is 24.9 Å². The van der Waals surface area contributed by atoms with Crippen molar-refractivity contribution in [3.05, 3.63) is 11.8 Å². The monoisotopic (exact) mass is 182 g/mol. The molecule has 0 atom stereocenters. The van der Waals surface area contributed by atoms with Crippen LogP contribution in [0.2, 0.25) is 0 Å². The Kier molecular flexibility index (Phi) is 3.74. The van der Waals surface area contributed by atoms with E-state index in [0.29, 0.717) is 25.2 Å². The SMILES string of the molecule is CN(C)/C=C(\C#N)CC1OCCO1. The van der Waals surface area contributed by atoms with Gasteiger partial charge >= 0.3 is 0 Å². The zero-order chi connectivity index (χ0) is 9.68. The number of hydrogen-bond donors (Lipinski definition) is 0. The molecule has 1 heterocycles. The molecular formula is C9H14N2O2. The summed E-state index contributed by atoms with van der Waals surface area (Å²) in [7, 11) is 3.77. The Balaban J connectivity index is 2.44. The molecule has 0 radical (unpaired) electrons. The van der Waals surface area contributed by atoms with Crippen molar-refractivity contribution in [2.24, 2.45) is 0 Å². The van der Waals surface area contributed by atoms with E-state index in [4.69, 9.17) is 14.7 Å². The fraction of sp³-hybridized carbons (Fsp3) is 0.667. The smallest absolute Gasteiger partial charge is 0.162 e. The minimum absolute atomic E-state index is 0.231. The molecule has 4 nitrogen and oxygen atoms in total. The molecule has 0 aromatic heterocycles. The van der Waals surface area contributed by atoms with Gasteiger partial charge in [0.25, 0.3) is 0 Å². The first-order valence-corrected chi connectivity index (χ1v) is 4.23. The first-order valence-electron chi connectivity index (χ1n) is 4.23. The average molecular weight is 182 g/mol. The number of nitriles is 1. The highest BCUT2D eigenvalue weighted by molar-refractivity contribution is 5.20. The van der Waals surface area contributed by atoms with Crippen LogP contribution in [-0.4, -0.2) is 38.5 Å². The van der Waals surface area contributed by atoms with Crippen molar-refractivity contribution in [3.8, 4) is 6.07 Å². The van der Waals surface area contributed by atoms with E-state index in [0.717, 1.165) is 0 Å². The maximum absolute atomic E-state index is 8.78. The molecule has 0 bridgehead atoms. The van der Waals surface area contributed by atoms with E-state index in [2.05, 4.69) is 6.07 Å². The highest BCUT2D eigenvalue weighted by Gasteiger charge is 2.17. The Labute approximate surface area is 78.3 Å². The van der Waals surface area contributed by atoms with E-state index < -0.39 is 0 Å². The van der Waals surface area contributed by atoms with Gasteiger partial charge in [-0.1, -0.05) is 0 Å². The lowest BCUT2D eigenvalue weighted by Gasteiger charge is -2.10. The molecule has 0 aliphatic carbocycles. The second-order valence-electron chi connectivity index (χ2n) is 3.11. The van der Waals surface area contributed by atoms with Crippen LogP contribution in [0.1, 0.15) is 6.42 Å². The number of ether oxygens (including phenoxy) is 2. The standard InChI is InChI=1S/C9H14N2O2/c1-11(2)7-8(6-10)5-9-12-3-4-13-9/h7,9H,3-5H2,1-2H3/b8-7-. The molecule has 0 aromatic carbocycles. The van der Waals surface area contributed by atoms with E-state index in [-0.39, 0.29) is 6.29 Å². The van der Waals surface area contributed by atoms with Crippen molar-refractivity contribution < 1.29 is 9.47 Å². The predicted molar refractivity (Wildman–Crippen MR) is 47.7 cm³/mol. The van der Waals surface area contributed by atoms with Gasteiger partial charge < -0.3 is 14.4 Å². The lowest BCUT2D eigenvalue weighted by molar-refractivity contribution is -0.0393. The van der Waals surface area contributed by atoms with E-state index in [1.165, 1.54) is 0 Å². The molecule has 1 aliphatic heterocycles. The van der Waals surface area contributed by atoms with E-state index >= 15 is 0 Å². The van der Waals surface area contributed by atoms with Crippen molar-refractivity contribution in [1.82, 2.24) is 4.90 Å². The van der Waals surface area contributed by atoms with Gasteiger partial charge in [-0.3, -0.25) is 0 Å². The fourth-order valence-electron chi connectivity index (χ4n) is 1.14. The summed E-state index contributed by atoms with van der Waals surface area (Å²) in [5.74, 6) is 0. The summed E-state index contributed by atoms with van der Waals surface area (Å²) in [6, 6.07) is 2.12. The minimum Gasteiger partial charge on any atom is -0.383 e. The summed E-state index contributed by atoms with van der Waals surface area (Å²) >= 11 is 0. The summed E-state index contributed by atoms with van der Waals surface area (Å²) < 4.78 is 10.5. The van der Waals surface area contributed by atoms with Crippen LogP contribution in [0.5, 0.6) is 0 Å². The Hall–Kier alpha value is -1.05. The van der Waals surface area contributed by atoms with Gasteiger partial charge in [0.2, 0.25) is 0 Å². The van der Waals surface area contributed by atoms with Crippen molar-refractivity contribution >= 4 is 0 Å². The molecule has 1 rings (SSSR count). The van der Waals surface area contributed by atoms with Crippen molar-refractivity contribution in [2.45, 2.75) is 12.7 Å². The van der Waals surface area contributed by atoms with Gasteiger partial charge in [-0.15, -0.1) is 0 Å². The lowest BCUT2D eigenvalue weighted by Crippen LogP contribution is -2.10. The molecule has 72 valence electrons. The van der Waals surface area contributed by atoms with Gasteiger partial charge in [0.1, 0.15) is 0 Å². The second kappa shape index (κ2) is 4.85. The molecule has 4 heteroatoms. The molecule has 1 fully saturated rings. The zero-order valence-corrected chi connectivity index (χ0v) is 7.99. The maximum Gasteiger partial charge on any atom is 0.162 e.